The molecule has 1 unspecified atom stereocenters. The van der Waals surface area contributed by atoms with Crippen LogP contribution in [-0.2, 0) is 9.59 Å². The highest BCUT2D eigenvalue weighted by Gasteiger charge is 2.23. The van der Waals surface area contributed by atoms with Gasteiger partial charge in [0.25, 0.3) is 0 Å². The van der Waals surface area contributed by atoms with Crippen LogP contribution in [0, 0.1) is 5.92 Å². The Morgan fingerprint density at radius 3 is 2.88 bits per heavy atom. The summed E-state index contributed by atoms with van der Waals surface area (Å²) in [6.07, 6.45) is 2.75. The van der Waals surface area contributed by atoms with Gasteiger partial charge in [0.15, 0.2) is 0 Å². The van der Waals surface area contributed by atoms with Crippen LogP contribution < -0.4 is 11.1 Å². The minimum atomic E-state index is -0.317. The molecular formula is C11H21N3O3. The summed E-state index contributed by atoms with van der Waals surface area (Å²) in [6, 6.07) is 0. The van der Waals surface area contributed by atoms with Gasteiger partial charge in [-0.25, -0.2) is 0 Å². The molecule has 2 amide bonds. The Kier molecular flexibility index (Phi) is 5.93. The predicted octanol–water partition coefficient (Wildman–Crippen LogP) is -1.32. The van der Waals surface area contributed by atoms with Gasteiger partial charge in [0.2, 0.25) is 11.8 Å². The van der Waals surface area contributed by atoms with E-state index in [1.165, 1.54) is 0 Å². The number of likely N-dealkylation sites (tertiary alicyclic amines) is 1. The van der Waals surface area contributed by atoms with E-state index in [-0.39, 0.29) is 31.5 Å². The molecule has 1 aliphatic heterocycles. The lowest BCUT2D eigenvalue weighted by Gasteiger charge is -2.32. The number of nitrogens with two attached hydrogens (primary N) is 1. The minimum absolute atomic E-state index is 0.0158. The average molecular weight is 243 g/mol. The molecule has 0 aromatic carbocycles. The van der Waals surface area contributed by atoms with Crippen LogP contribution in [0.15, 0.2) is 0 Å². The van der Waals surface area contributed by atoms with Crippen LogP contribution in [0.2, 0.25) is 0 Å². The Morgan fingerprint density at radius 1 is 1.47 bits per heavy atom. The summed E-state index contributed by atoms with van der Waals surface area (Å²) in [5.74, 6) is -0.0142. The number of amides is 2. The largest absolute Gasteiger partial charge is 0.396 e. The molecule has 1 atom stereocenters. The van der Waals surface area contributed by atoms with Crippen LogP contribution in [0.4, 0.5) is 0 Å². The van der Waals surface area contributed by atoms with E-state index in [9.17, 15) is 9.59 Å². The van der Waals surface area contributed by atoms with Crippen molar-refractivity contribution in [3.8, 4) is 0 Å². The van der Waals surface area contributed by atoms with Gasteiger partial charge in [-0.15, -0.1) is 0 Å². The zero-order valence-electron chi connectivity index (χ0n) is 10.0. The Labute approximate surface area is 101 Å². The van der Waals surface area contributed by atoms with Crippen molar-refractivity contribution in [1.82, 2.24) is 10.2 Å². The van der Waals surface area contributed by atoms with Gasteiger partial charge in [0, 0.05) is 19.7 Å². The van der Waals surface area contributed by atoms with Gasteiger partial charge < -0.3 is 21.1 Å². The molecule has 4 N–H and O–H groups in total. The minimum Gasteiger partial charge on any atom is -0.396 e. The molecule has 0 bridgehead atoms. The first-order valence-electron chi connectivity index (χ1n) is 6.02. The lowest BCUT2D eigenvalue weighted by atomic mass is 9.95. The van der Waals surface area contributed by atoms with Crippen molar-refractivity contribution in [2.24, 2.45) is 11.7 Å². The third-order valence-corrected chi connectivity index (χ3v) is 3.03. The molecule has 1 aliphatic rings. The topological polar surface area (TPSA) is 95.7 Å². The van der Waals surface area contributed by atoms with E-state index in [2.05, 4.69) is 5.32 Å². The summed E-state index contributed by atoms with van der Waals surface area (Å²) in [6.45, 7) is 1.50. The normalized spacial score (nSPS) is 20.1. The highest BCUT2D eigenvalue weighted by atomic mass is 16.3. The number of hydrogen-bond acceptors (Lipinski definition) is 4. The van der Waals surface area contributed by atoms with Gasteiger partial charge in [-0.1, -0.05) is 0 Å². The van der Waals surface area contributed by atoms with E-state index >= 15 is 0 Å². The van der Waals surface area contributed by atoms with E-state index in [1.54, 1.807) is 4.90 Å². The van der Waals surface area contributed by atoms with Gasteiger partial charge in [0.05, 0.1) is 13.1 Å². The summed E-state index contributed by atoms with van der Waals surface area (Å²) in [4.78, 5) is 24.5. The summed E-state index contributed by atoms with van der Waals surface area (Å²) >= 11 is 0. The molecule has 0 aromatic heterocycles. The lowest BCUT2D eigenvalue weighted by molar-refractivity contribution is -0.134. The molecule has 1 fully saturated rings. The van der Waals surface area contributed by atoms with E-state index in [1.807, 2.05) is 0 Å². The predicted molar refractivity (Wildman–Crippen MR) is 63.1 cm³/mol. The van der Waals surface area contributed by atoms with E-state index < -0.39 is 0 Å². The smallest absolute Gasteiger partial charge is 0.241 e. The van der Waals surface area contributed by atoms with Crippen LogP contribution in [-0.4, -0.2) is 54.6 Å². The monoisotopic (exact) mass is 243 g/mol. The fourth-order valence-electron chi connectivity index (χ4n) is 2.07. The van der Waals surface area contributed by atoms with E-state index in [0.29, 0.717) is 12.5 Å². The molecule has 6 heteroatoms. The van der Waals surface area contributed by atoms with Crippen molar-refractivity contribution < 1.29 is 14.7 Å². The first-order valence-corrected chi connectivity index (χ1v) is 6.02. The SMILES string of the molecule is NCC(=O)NCC(=O)N1CCCC(CCO)C1. The van der Waals surface area contributed by atoms with E-state index in [0.717, 1.165) is 25.8 Å². The molecule has 1 heterocycles. The van der Waals surface area contributed by atoms with Gasteiger partial charge in [-0.05, 0) is 25.2 Å². The zero-order valence-corrected chi connectivity index (χ0v) is 10.0. The zero-order chi connectivity index (χ0) is 12.7. The molecule has 6 nitrogen and oxygen atoms in total. The summed E-state index contributed by atoms with van der Waals surface area (Å²) < 4.78 is 0. The molecule has 98 valence electrons. The van der Waals surface area contributed by atoms with Crippen molar-refractivity contribution in [2.75, 3.05) is 32.8 Å². The quantitative estimate of drug-likeness (QED) is 0.558. The Morgan fingerprint density at radius 2 is 2.24 bits per heavy atom. The third-order valence-electron chi connectivity index (χ3n) is 3.03. The molecule has 0 saturated carbocycles. The van der Waals surface area contributed by atoms with Gasteiger partial charge in [-0.3, -0.25) is 9.59 Å². The van der Waals surface area contributed by atoms with Crippen LogP contribution in [0.1, 0.15) is 19.3 Å². The van der Waals surface area contributed by atoms with Gasteiger partial charge in [0.1, 0.15) is 0 Å². The van der Waals surface area contributed by atoms with Crippen molar-refractivity contribution >= 4 is 11.8 Å². The summed E-state index contributed by atoms with van der Waals surface area (Å²) in [7, 11) is 0. The molecule has 0 spiro atoms. The summed E-state index contributed by atoms with van der Waals surface area (Å²) in [5, 5.41) is 11.3. The molecule has 0 aromatic rings. The van der Waals surface area contributed by atoms with E-state index in [4.69, 9.17) is 10.8 Å². The van der Waals surface area contributed by atoms with Gasteiger partial charge in [-0.2, -0.15) is 0 Å². The number of carbonyl (C=O) groups is 2. The van der Waals surface area contributed by atoms with Crippen molar-refractivity contribution in [3.05, 3.63) is 0 Å². The fourth-order valence-corrected chi connectivity index (χ4v) is 2.07. The first-order chi connectivity index (χ1) is 8.17. The molecule has 0 aliphatic carbocycles. The second-order valence-corrected chi connectivity index (χ2v) is 4.34. The summed E-state index contributed by atoms with van der Waals surface area (Å²) in [5.41, 5.74) is 5.13. The van der Waals surface area contributed by atoms with Crippen LogP contribution in [0.25, 0.3) is 0 Å². The number of aliphatic hydroxyl groups excluding tert-OH is 1. The number of piperidine rings is 1. The van der Waals surface area contributed by atoms with Crippen molar-refractivity contribution in [3.63, 3.8) is 0 Å². The van der Waals surface area contributed by atoms with Gasteiger partial charge >= 0.3 is 0 Å². The molecule has 17 heavy (non-hydrogen) atoms. The number of rotatable bonds is 5. The molecule has 0 radical (unpaired) electrons. The number of aliphatic hydroxyl groups is 1. The second-order valence-electron chi connectivity index (χ2n) is 4.34. The Hall–Kier alpha value is -1.14. The van der Waals surface area contributed by atoms with Crippen LogP contribution in [0.5, 0.6) is 0 Å². The second kappa shape index (κ2) is 7.24. The number of nitrogens with zero attached hydrogens (tertiary/aromatic N) is 1. The number of nitrogens with one attached hydrogen (secondary N) is 1. The maximum absolute atomic E-state index is 11.8. The fraction of sp³-hybridized carbons (Fsp3) is 0.818. The lowest BCUT2D eigenvalue weighted by Crippen LogP contribution is -2.46. The van der Waals surface area contributed by atoms with Crippen LogP contribution in [0.3, 0.4) is 0 Å². The number of hydrogen-bond donors (Lipinski definition) is 3. The maximum atomic E-state index is 11.8. The molecular weight excluding hydrogens is 222 g/mol. The maximum Gasteiger partial charge on any atom is 0.241 e. The first kappa shape index (κ1) is 13.9. The van der Waals surface area contributed by atoms with Crippen molar-refractivity contribution in [2.45, 2.75) is 19.3 Å². The standard InChI is InChI=1S/C11H21N3O3/c12-6-10(16)13-7-11(17)14-4-1-2-9(8-14)3-5-15/h9,15H,1-8,12H2,(H,13,16). The number of carbonyl (C=O) groups excluding carboxylic acids is 2. The average Bonchev–Trinajstić information content (AvgIpc) is 2.36. The molecule has 1 rings (SSSR count). The van der Waals surface area contributed by atoms with Crippen molar-refractivity contribution in [1.29, 1.82) is 0 Å². The highest BCUT2D eigenvalue weighted by molar-refractivity contribution is 5.85. The molecule has 1 saturated heterocycles. The van der Waals surface area contributed by atoms with Crippen LogP contribution >= 0.6 is 0 Å². The third kappa shape index (κ3) is 4.70. The Balaban J connectivity index is 2.33. The highest BCUT2D eigenvalue weighted by Crippen LogP contribution is 2.18. The Bertz CT molecular complexity index is 269.